The molecule has 10 heteroatoms. The second-order valence-electron chi connectivity index (χ2n) is 4.43. The van der Waals surface area contributed by atoms with E-state index in [0.29, 0.717) is 0 Å². The van der Waals surface area contributed by atoms with Crippen molar-refractivity contribution in [2.24, 2.45) is 0 Å². The van der Waals surface area contributed by atoms with Crippen molar-refractivity contribution < 1.29 is 23.6 Å². The molecule has 0 radical (unpaired) electrons. The maximum absolute atomic E-state index is 12.2. The summed E-state index contributed by atoms with van der Waals surface area (Å²) in [6.07, 6.45) is 0.134. The number of nitrogens with zero attached hydrogens (tertiary/aromatic N) is 1. The van der Waals surface area contributed by atoms with Gasteiger partial charge in [0.1, 0.15) is 5.02 Å². The molecule has 8 nitrogen and oxygen atoms in total. The molecule has 0 aliphatic rings. The second kappa shape index (κ2) is 6.67. The summed E-state index contributed by atoms with van der Waals surface area (Å²) in [5.41, 5.74) is -1.98. The van der Waals surface area contributed by atoms with Crippen molar-refractivity contribution >= 4 is 27.3 Å². The van der Waals surface area contributed by atoms with E-state index < -0.39 is 39.4 Å². The van der Waals surface area contributed by atoms with Crippen LogP contribution in [0.2, 0.25) is 5.02 Å². The van der Waals surface area contributed by atoms with Crippen LogP contribution in [0.25, 0.3) is 0 Å². The van der Waals surface area contributed by atoms with Crippen LogP contribution in [0.4, 0.5) is 5.69 Å². The highest BCUT2D eigenvalue weighted by Crippen LogP contribution is 2.27. The minimum absolute atomic E-state index is 0.134. The van der Waals surface area contributed by atoms with Gasteiger partial charge < -0.3 is 10.2 Å². The summed E-state index contributed by atoms with van der Waals surface area (Å²) >= 11 is 5.62. The lowest BCUT2D eigenvalue weighted by molar-refractivity contribution is -0.384. The number of sulfonamides is 1. The molecule has 0 aliphatic carbocycles. The summed E-state index contributed by atoms with van der Waals surface area (Å²) in [5, 5.41) is 29.1. The molecule has 0 aromatic heterocycles. The Balaban J connectivity index is 3.26. The third-order valence-electron chi connectivity index (χ3n) is 3.06. The quantitative estimate of drug-likeness (QED) is 0.494. The number of hydrogen-bond acceptors (Lipinski definition) is 6. The molecule has 0 bridgehead atoms. The fourth-order valence-corrected chi connectivity index (χ4v) is 3.22. The van der Waals surface area contributed by atoms with Gasteiger partial charge in [-0.1, -0.05) is 18.5 Å². The van der Waals surface area contributed by atoms with Gasteiger partial charge in [-0.05, 0) is 18.6 Å². The van der Waals surface area contributed by atoms with E-state index in [2.05, 4.69) is 4.72 Å². The van der Waals surface area contributed by atoms with Gasteiger partial charge in [0.15, 0.2) is 0 Å². The molecule has 1 aromatic carbocycles. The van der Waals surface area contributed by atoms with Gasteiger partial charge in [-0.2, -0.15) is 0 Å². The molecule has 0 saturated heterocycles. The number of nitro benzene ring substituents is 1. The van der Waals surface area contributed by atoms with E-state index in [4.69, 9.17) is 11.6 Å². The third kappa shape index (κ3) is 3.89. The first-order chi connectivity index (χ1) is 9.71. The molecule has 1 aromatic rings. The molecule has 0 saturated carbocycles. The van der Waals surface area contributed by atoms with Gasteiger partial charge in [0.25, 0.3) is 5.69 Å². The topological polar surface area (TPSA) is 130 Å². The Kier molecular flexibility index (Phi) is 5.65. The highest BCUT2D eigenvalue weighted by atomic mass is 35.5. The summed E-state index contributed by atoms with van der Waals surface area (Å²) in [4.78, 5) is 9.60. The average Bonchev–Trinajstić information content (AvgIpc) is 2.44. The van der Waals surface area contributed by atoms with E-state index in [9.17, 15) is 28.7 Å². The number of rotatable bonds is 7. The van der Waals surface area contributed by atoms with E-state index in [1.807, 2.05) is 0 Å². The van der Waals surface area contributed by atoms with Crippen molar-refractivity contribution in [3.63, 3.8) is 0 Å². The minimum Gasteiger partial charge on any atom is -0.394 e. The first-order valence-corrected chi connectivity index (χ1v) is 7.77. The zero-order valence-corrected chi connectivity index (χ0v) is 12.7. The zero-order valence-electron chi connectivity index (χ0n) is 11.1. The highest BCUT2D eigenvalue weighted by molar-refractivity contribution is 7.89. The molecule has 0 heterocycles. The van der Waals surface area contributed by atoms with Crippen LogP contribution in [0.3, 0.4) is 0 Å². The van der Waals surface area contributed by atoms with E-state index in [0.717, 1.165) is 18.2 Å². The van der Waals surface area contributed by atoms with Crippen molar-refractivity contribution in [1.82, 2.24) is 4.72 Å². The van der Waals surface area contributed by atoms with E-state index in [-0.39, 0.29) is 16.3 Å². The van der Waals surface area contributed by atoms with E-state index >= 15 is 0 Å². The number of aliphatic hydroxyl groups excluding tert-OH is 2. The monoisotopic (exact) mass is 338 g/mol. The molecule has 118 valence electrons. The molecular weight excluding hydrogens is 324 g/mol. The Morgan fingerprint density at radius 3 is 2.38 bits per heavy atom. The third-order valence-corrected chi connectivity index (χ3v) is 4.95. The van der Waals surface area contributed by atoms with Crippen LogP contribution in [0, 0.1) is 10.1 Å². The maximum Gasteiger partial charge on any atom is 0.289 e. The molecule has 0 spiro atoms. The largest absolute Gasteiger partial charge is 0.394 e. The summed E-state index contributed by atoms with van der Waals surface area (Å²) < 4.78 is 26.6. The minimum atomic E-state index is -4.16. The van der Waals surface area contributed by atoms with Crippen molar-refractivity contribution in [2.75, 3.05) is 13.2 Å². The Labute approximate surface area is 126 Å². The second-order valence-corrected chi connectivity index (χ2v) is 6.52. The molecule has 0 amide bonds. The van der Waals surface area contributed by atoms with Crippen molar-refractivity contribution in [1.29, 1.82) is 0 Å². The van der Waals surface area contributed by atoms with Gasteiger partial charge in [0.05, 0.1) is 28.6 Å². The predicted octanol–water partition coefficient (Wildman–Crippen LogP) is 0.660. The van der Waals surface area contributed by atoms with Crippen LogP contribution in [-0.4, -0.2) is 42.3 Å². The fourth-order valence-electron chi connectivity index (χ4n) is 1.55. The van der Waals surface area contributed by atoms with Crippen LogP contribution in [0.5, 0.6) is 0 Å². The van der Waals surface area contributed by atoms with E-state index in [1.165, 1.54) is 0 Å². The van der Waals surface area contributed by atoms with Crippen molar-refractivity contribution in [3.05, 3.63) is 33.3 Å². The summed E-state index contributed by atoms with van der Waals surface area (Å²) in [6, 6.07) is 3.02. The SMILES string of the molecule is CCC(CO)(CO)NS(=O)(=O)c1ccc(Cl)c([N+](=O)[O-])c1. The Bertz CT molecular complexity index is 621. The summed E-state index contributed by atoms with van der Waals surface area (Å²) in [5.74, 6) is 0. The molecule has 3 N–H and O–H groups in total. The van der Waals surface area contributed by atoms with Gasteiger partial charge in [-0.25, -0.2) is 13.1 Å². The number of benzene rings is 1. The molecule has 0 unspecified atom stereocenters. The lowest BCUT2D eigenvalue weighted by Crippen LogP contribution is -2.53. The smallest absolute Gasteiger partial charge is 0.289 e. The molecule has 0 aliphatic heterocycles. The number of halogens is 1. The maximum atomic E-state index is 12.2. The van der Waals surface area contributed by atoms with Crippen molar-refractivity contribution in [3.8, 4) is 0 Å². The molecule has 1 rings (SSSR count). The predicted molar refractivity (Wildman–Crippen MR) is 75.6 cm³/mol. The van der Waals surface area contributed by atoms with Gasteiger partial charge in [-0.3, -0.25) is 10.1 Å². The molecular formula is C11H15ClN2O6S. The Hall–Kier alpha value is -1.26. The van der Waals surface area contributed by atoms with Gasteiger partial charge in [0.2, 0.25) is 10.0 Å². The van der Waals surface area contributed by atoms with Crippen LogP contribution in [0.15, 0.2) is 23.1 Å². The Morgan fingerprint density at radius 1 is 1.38 bits per heavy atom. The fraction of sp³-hybridized carbons (Fsp3) is 0.455. The normalized spacial score (nSPS) is 12.4. The van der Waals surface area contributed by atoms with Crippen LogP contribution >= 0.6 is 11.6 Å². The van der Waals surface area contributed by atoms with Crippen LogP contribution in [-0.2, 0) is 10.0 Å². The number of nitro groups is 1. The number of hydrogen-bond donors (Lipinski definition) is 3. The van der Waals surface area contributed by atoms with E-state index in [1.54, 1.807) is 6.92 Å². The lowest BCUT2D eigenvalue weighted by atomic mass is 10.0. The standard InChI is InChI=1S/C11H15ClN2O6S/c1-2-11(6-15,7-16)13-21(19,20)8-3-4-9(12)10(5-8)14(17)18/h3-5,13,15-16H,2,6-7H2,1H3. The molecule has 0 atom stereocenters. The van der Waals surface area contributed by atoms with Gasteiger partial charge in [-0.15, -0.1) is 0 Å². The molecule has 21 heavy (non-hydrogen) atoms. The first-order valence-electron chi connectivity index (χ1n) is 5.91. The average molecular weight is 339 g/mol. The zero-order chi connectivity index (χ0) is 16.3. The molecule has 0 fully saturated rings. The number of nitrogens with one attached hydrogen (secondary N) is 1. The van der Waals surface area contributed by atoms with Crippen molar-refractivity contribution in [2.45, 2.75) is 23.8 Å². The Morgan fingerprint density at radius 2 is 1.95 bits per heavy atom. The summed E-state index contributed by atoms with van der Waals surface area (Å²) in [7, 11) is -4.16. The first kappa shape index (κ1) is 17.8. The van der Waals surface area contributed by atoms with Crippen LogP contribution in [0.1, 0.15) is 13.3 Å². The van der Waals surface area contributed by atoms with Crippen LogP contribution < -0.4 is 4.72 Å². The number of aliphatic hydroxyl groups is 2. The highest BCUT2D eigenvalue weighted by Gasteiger charge is 2.33. The summed E-state index contributed by atoms with van der Waals surface area (Å²) in [6.45, 7) is 0.350. The van der Waals surface area contributed by atoms with Gasteiger partial charge in [0, 0.05) is 6.07 Å². The van der Waals surface area contributed by atoms with Gasteiger partial charge >= 0.3 is 0 Å². The lowest BCUT2D eigenvalue weighted by Gasteiger charge is -2.29.